The average Bonchev–Trinajstić information content (AvgIpc) is 2.21. The lowest BCUT2D eigenvalue weighted by atomic mass is 10.1. The fraction of sp³-hybridized carbons (Fsp3) is 0.417. The number of nitrogens with one attached hydrogen (secondary N) is 1. The molecule has 0 spiro atoms. The van der Waals surface area contributed by atoms with Crippen LogP contribution in [0.3, 0.4) is 0 Å². The van der Waals surface area contributed by atoms with E-state index < -0.39 is 5.82 Å². The molecule has 2 nitrogen and oxygen atoms in total. The topological polar surface area (TPSA) is 29.1 Å². The minimum Gasteiger partial charge on any atom is -0.349 e. The van der Waals surface area contributed by atoms with E-state index in [9.17, 15) is 9.18 Å². The van der Waals surface area contributed by atoms with Crippen molar-refractivity contribution in [2.75, 3.05) is 0 Å². The molecule has 1 aromatic rings. The van der Waals surface area contributed by atoms with Gasteiger partial charge in [0.05, 0.1) is 10.0 Å². The van der Waals surface area contributed by atoms with Gasteiger partial charge in [-0.1, -0.05) is 19.9 Å². The first-order chi connectivity index (χ1) is 7.43. The van der Waals surface area contributed by atoms with E-state index in [1.54, 1.807) is 12.1 Å². The van der Waals surface area contributed by atoms with Crippen molar-refractivity contribution in [2.45, 2.75) is 26.8 Å². The number of hydrogen-bond donors (Lipinski definition) is 1. The molecule has 0 aliphatic carbocycles. The fourth-order valence-electron chi connectivity index (χ4n) is 1.13. The van der Waals surface area contributed by atoms with Crippen molar-refractivity contribution in [1.29, 1.82) is 0 Å². The van der Waals surface area contributed by atoms with Gasteiger partial charge in [0.2, 0.25) is 0 Å². The highest BCUT2D eigenvalue weighted by Gasteiger charge is 2.16. The molecule has 1 atom stereocenters. The van der Waals surface area contributed by atoms with E-state index in [0.717, 1.165) is 0 Å². The molecular formula is C12H15BrFNO. The number of benzene rings is 1. The van der Waals surface area contributed by atoms with Crippen molar-refractivity contribution in [3.63, 3.8) is 0 Å². The van der Waals surface area contributed by atoms with Crippen molar-refractivity contribution >= 4 is 21.8 Å². The number of carbonyl (C=O) groups is 1. The third-order valence-electron chi connectivity index (χ3n) is 2.55. The van der Waals surface area contributed by atoms with Crippen LogP contribution >= 0.6 is 15.9 Å². The maximum atomic E-state index is 13.6. The lowest BCUT2D eigenvalue weighted by Crippen LogP contribution is -2.36. The number of amides is 1. The third kappa shape index (κ3) is 3.04. The van der Waals surface area contributed by atoms with Crippen LogP contribution in [0.4, 0.5) is 4.39 Å². The van der Waals surface area contributed by atoms with Crippen LogP contribution in [-0.2, 0) is 0 Å². The molecule has 0 aromatic heterocycles. The van der Waals surface area contributed by atoms with Crippen LogP contribution < -0.4 is 5.32 Å². The molecule has 1 N–H and O–H groups in total. The minimum atomic E-state index is -0.518. The Hall–Kier alpha value is -0.900. The second-order valence-corrected chi connectivity index (χ2v) is 4.96. The maximum Gasteiger partial charge on any atom is 0.254 e. The van der Waals surface area contributed by atoms with E-state index in [1.165, 1.54) is 6.07 Å². The smallest absolute Gasteiger partial charge is 0.254 e. The molecule has 1 aromatic carbocycles. The van der Waals surface area contributed by atoms with Crippen LogP contribution in [0, 0.1) is 11.7 Å². The molecule has 0 heterocycles. The van der Waals surface area contributed by atoms with E-state index in [4.69, 9.17) is 0 Å². The van der Waals surface area contributed by atoms with Crippen LogP contribution in [0.25, 0.3) is 0 Å². The van der Waals surface area contributed by atoms with Gasteiger partial charge in [-0.15, -0.1) is 0 Å². The third-order valence-corrected chi connectivity index (χ3v) is 3.17. The van der Waals surface area contributed by atoms with Gasteiger partial charge in [-0.05, 0) is 40.9 Å². The van der Waals surface area contributed by atoms with E-state index in [2.05, 4.69) is 21.2 Å². The number of rotatable bonds is 3. The second kappa shape index (κ2) is 5.43. The lowest BCUT2D eigenvalue weighted by molar-refractivity contribution is 0.0926. The summed E-state index contributed by atoms with van der Waals surface area (Å²) in [7, 11) is 0. The first kappa shape index (κ1) is 13.2. The first-order valence-electron chi connectivity index (χ1n) is 5.18. The molecule has 16 heavy (non-hydrogen) atoms. The molecular weight excluding hydrogens is 273 g/mol. The molecule has 4 heteroatoms. The van der Waals surface area contributed by atoms with E-state index >= 15 is 0 Å². The molecule has 0 radical (unpaired) electrons. The molecule has 0 saturated carbocycles. The lowest BCUT2D eigenvalue weighted by Gasteiger charge is -2.17. The molecule has 0 aliphatic rings. The minimum absolute atomic E-state index is 0.0193. The average molecular weight is 288 g/mol. The standard InChI is InChI=1S/C12H15BrFNO/c1-7(2)8(3)15-12(16)9-5-4-6-10(13)11(9)14/h4-8H,1-3H3,(H,15,16). The molecule has 88 valence electrons. The molecule has 0 fully saturated rings. The highest BCUT2D eigenvalue weighted by Crippen LogP contribution is 2.18. The Morgan fingerprint density at radius 2 is 2.00 bits per heavy atom. The van der Waals surface area contributed by atoms with Gasteiger partial charge in [0, 0.05) is 6.04 Å². The normalized spacial score (nSPS) is 12.6. The number of halogens is 2. The van der Waals surface area contributed by atoms with Crippen molar-refractivity contribution in [3.8, 4) is 0 Å². The number of hydrogen-bond acceptors (Lipinski definition) is 1. The molecule has 0 saturated heterocycles. The highest BCUT2D eigenvalue weighted by molar-refractivity contribution is 9.10. The Morgan fingerprint density at radius 3 is 2.56 bits per heavy atom. The Labute approximate surface area is 103 Å². The van der Waals surface area contributed by atoms with Crippen LogP contribution in [-0.4, -0.2) is 11.9 Å². The highest BCUT2D eigenvalue weighted by atomic mass is 79.9. The Balaban J connectivity index is 2.85. The predicted octanol–water partition coefficient (Wildman–Crippen LogP) is 3.36. The zero-order valence-electron chi connectivity index (χ0n) is 9.55. The van der Waals surface area contributed by atoms with E-state index in [1.807, 2.05) is 20.8 Å². The largest absolute Gasteiger partial charge is 0.349 e. The van der Waals surface area contributed by atoms with Crippen molar-refractivity contribution in [2.24, 2.45) is 5.92 Å². The van der Waals surface area contributed by atoms with Crippen LogP contribution in [0.15, 0.2) is 22.7 Å². The molecule has 1 rings (SSSR count). The van der Waals surface area contributed by atoms with Crippen molar-refractivity contribution in [1.82, 2.24) is 5.32 Å². The summed E-state index contributed by atoms with van der Waals surface area (Å²) in [5.41, 5.74) is 0.0712. The SMILES string of the molecule is CC(C)C(C)NC(=O)c1cccc(Br)c1F. The van der Waals surface area contributed by atoms with Crippen LogP contribution in [0.5, 0.6) is 0 Å². The maximum absolute atomic E-state index is 13.6. The number of carbonyl (C=O) groups excluding carboxylic acids is 1. The first-order valence-corrected chi connectivity index (χ1v) is 5.97. The predicted molar refractivity (Wildman–Crippen MR) is 65.9 cm³/mol. The summed E-state index contributed by atoms with van der Waals surface area (Å²) in [5.74, 6) is -0.574. The van der Waals surface area contributed by atoms with E-state index in [-0.39, 0.29) is 17.5 Å². The van der Waals surface area contributed by atoms with Gasteiger partial charge in [-0.3, -0.25) is 4.79 Å². The monoisotopic (exact) mass is 287 g/mol. The summed E-state index contributed by atoms with van der Waals surface area (Å²) < 4.78 is 13.9. The van der Waals surface area contributed by atoms with Gasteiger partial charge in [0.1, 0.15) is 5.82 Å². The van der Waals surface area contributed by atoms with E-state index in [0.29, 0.717) is 10.4 Å². The van der Waals surface area contributed by atoms with Gasteiger partial charge in [-0.25, -0.2) is 4.39 Å². The summed E-state index contributed by atoms with van der Waals surface area (Å²) in [6.07, 6.45) is 0. The van der Waals surface area contributed by atoms with Gasteiger partial charge in [-0.2, -0.15) is 0 Å². The summed E-state index contributed by atoms with van der Waals surface area (Å²) in [6.45, 7) is 5.91. The molecule has 1 amide bonds. The summed E-state index contributed by atoms with van der Waals surface area (Å²) in [5, 5.41) is 2.76. The Morgan fingerprint density at radius 1 is 1.38 bits per heavy atom. The Bertz CT molecular complexity index is 393. The summed E-state index contributed by atoms with van der Waals surface area (Å²) in [4.78, 5) is 11.8. The fourth-order valence-corrected chi connectivity index (χ4v) is 1.50. The summed E-state index contributed by atoms with van der Waals surface area (Å²) in [6, 6.07) is 4.70. The van der Waals surface area contributed by atoms with Gasteiger partial charge in [0.25, 0.3) is 5.91 Å². The molecule has 0 bridgehead atoms. The zero-order valence-corrected chi connectivity index (χ0v) is 11.1. The van der Waals surface area contributed by atoms with Gasteiger partial charge >= 0.3 is 0 Å². The van der Waals surface area contributed by atoms with Gasteiger partial charge in [0.15, 0.2) is 0 Å². The van der Waals surface area contributed by atoms with Crippen molar-refractivity contribution in [3.05, 3.63) is 34.1 Å². The zero-order chi connectivity index (χ0) is 12.3. The molecule has 0 aliphatic heterocycles. The summed E-state index contributed by atoms with van der Waals surface area (Å²) >= 11 is 3.05. The second-order valence-electron chi connectivity index (χ2n) is 4.11. The Kier molecular flexibility index (Phi) is 4.47. The van der Waals surface area contributed by atoms with Crippen molar-refractivity contribution < 1.29 is 9.18 Å². The molecule has 1 unspecified atom stereocenters. The van der Waals surface area contributed by atoms with Gasteiger partial charge < -0.3 is 5.32 Å². The van der Waals surface area contributed by atoms with Crippen LogP contribution in [0.1, 0.15) is 31.1 Å². The van der Waals surface area contributed by atoms with Crippen LogP contribution in [0.2, 0.25) is 0 Å². The quantitative estimate of drug-likeness (QED) is 0.907.